The first-order valence-electron chi connectivity index (χ1n) is 8.14. The Balaban J connectivity index is 1.86. The third-order valence-electron chi connectivity index (χ3n) is 4.90. The van der Waals surface area contributed by atoms with Crippen LogP contribution in [0.1, 0.15) is 31.2 Å². The molecule has 136 valence electrons. The van der Waals surface area contributed by atoms with E-state index in [0.717, 1.165) is 0 Å². The number of carbonyl (C=O) groups excluding carboxylic acids is 2. The van der Waals surface area contributed by atoms with Crippen LogP contribution in [-0.2, 0) is 15.0 Å². The van der Waals surface area contributed by atoms with Crippen molar-refractivity contribution in [2.24, 2.45) is 0 Å². The minimum Gasteiger partial charge on any atom is -0.317 e. The van der Waals surface area contributed by atoms with Gasteiger partial charge in [0.05, 0.1) is 18.4 Å². The molecule has 1 amide bonds. The summed E-state index contributed by atoms with van der Waals surface area (Å²) in [5.74, 6) is -1.46. The number of halogens is 4. The van der Waals surface area contributed by atoms with Gasteiger partial charge >= 0.3 is 6.18 Å². The Hall–Kier alpha value is -1.96. The Labute approximate surface area is 142 Å². The normalized spacial score (nSPS) is 19.4. The molecule has 0 radical (unpaired) electrons. The van der Waals surface area contributed by atoms with E-state index in [4.69, 9.17) is 0 Å². The Morgan fingerprint density at radius 3 is 2.56 bits per heavy atom. The molecule has 0 aromatic heterocycles. The predicted octanol–water partition coefficient (Wildman–Crippen LogP) is 2.71. The summed E-state index contributed by atoms with van der Waals surface area (Å²) in [6, 6.07) is 3.93. The van der Waals surface area contributed by atoms with Crippen LogP contribution in [0.2, 0.25) is 0 Å². The van der Waals surface area contributed by atoms with Crippen LogP contribution in [0, 0.1) is 5.82 Å². The standard InChI is InChI=1S/C17H18F4N2O2/c18-11-1-2-14-13(9-11)16(5-7-22-8-6-16)15(25)23(14)10-12(24)3-4-17(19,20)21/h1-2,9,22H,3-8,10H2. The van der Waals surface area contributed by atoms with E-state index in [2.05, 4.69) is 5.32 Å². The maximum atomic E-state index is 13.7. The molecule has 2 heterocycles. The molecule has 1 aromatic carbocycles. The van der Waals surface area contributed by atoms with Gasteiger partial charge in [-0.15, -0.1) is 0 Å². The summed E-state index contributed by atoms with van der Waals surface area (Å²) in [7, 11) is 0. The smallest absolute Gasteiger partial charge is 0.317 e. The zero-order chi connectivity index (χ0) is 18.2. The fraction of sp³-hybridized carbons (Fsp3) is 0.529. The maximum Gasteiger partial charge on any atom is 0.389 e. The zero-order valence-electron chi connectivity index (χ0n) is 13.5. The largest absolute Gasteiger partial charge is 0.389 e. The second kappa shape index (κ2) is 6.40. The summed E-state index contributed by atoms with van der Waals surface area (Å²) in [6.45, 7) is 0.748. The van der Waals surface area contributed by atoms with Crippen molar-refractivity contribution in [2.45, 2.75) is 37.3 Å². The van der Waals surface area contributed by atoms with Crippen LogP contribution in [0.5, 0.6) is 0 Å². The van der Waals surface area contributed by atoms with E-state index in [1.165, 1.54) is 23.1 Å². The topological polar surface area (TPSA) is 49.4 Å². The number of hydrogen-bond acceptors (Lipinski definition) is 3. The zero-order valence-corrected chi connectivity index (χ0v) is 13.5. The van der Waals surface area contributed by atoms with Crippen molar-refractivity contribution in [2.75, 3.05) is 24.5 Å². The van der Waals surface area contributed by atoms with Crippen molar-refractivity contribution in [3.8, 4) is 0 Å². The molecular formula is C17H18F4N2O2. The fourth-order valence-electron chi connectivity index (χ4n) is 3.64. The molecule has 3 rings (SSSR count). The molecule has 8 heteroatoms. The summed E-state index contributed by atoms with van der Waals surface area (Å²) in [6.07, 6.45) is -5.36. The van der Waals surface area contributed by atoms with Crippen molar-refractivity contribution in [3.63, 3.8) is 0 Å². The van der Waals surface area contributed by atoms with E-state index in [1.54, 1.807) is 0 Å². The SMILES string of the molecule is O=C(CCC(F)(F)F)CN1C(=O)C2(CCNCC2)c2cc(F)ccc21. The number of amides is 1. The molecule has 0 aliphatic carbocycles. The van der Waals surface area contributed by atoms with Gasteiger partial charge in [-0.1, -0.05) is 0 Å². The van der Waals surface area contributed by atoms with E-state index in [1.807, 2.05) is 0 Å². The van der Waals surface area contributed by atoms with Gasteiger partial charge < -0.3 is 10.2 Å². The molecular weight excluding hydrogens is 340 g/mol. The van der Waals surface area contributed by atoms with Crippen molar-refractivity contribution >= 4 is 17.4 Å². The lowest BCUT2D eigenvalue weighted by molar-refractivity contribution is -0.142. The molecule has 1 spiro atoms. The number of alkyl halides is 3. The first-order chi connectivity index (χ1) is 11.7. The monoisotopic (exact) mass is 358 g/mol. The molecule has 0 atom stereocenters. The molecule has 1 fully saturated rings. The number of nitrogens with one attached hydrogen (secondary N) is 1. The van der Waals surface area contributed by atoms with Crippen LogP contribution < -0.4 is 10.2 Å². The lowest BCUT2D eigenvalue weighted by atomic mass is 9.74. The van der Waals surface area contributed by atoms with Gasteiger partial charge in [-0.25, -0.2) is 4.39 Å². The molecule has 1 aromatic rings. The molecule has 1 saturated heterocycles. The highest BCUT2D eigenvalue weighted by molar-refractivity contribution is 6.11. The van der Waals surface area contributed by atoms with Crippen LogP contribution in [-0.4, -0.2) is 37.5 Å². The number of ketones is 1. The quantitative estimate of drug-likeness (QED) is 0.842. The Morgan fingerprint density at radius 2 is 1.92 bits per heavy atom. The van der Waals surface area contributed by atoms with Crippen LogP contribution >= 0.6 is 0 Å². The molecule has 2 aliphatic heterocycles. The van der Waals surface area contributed by atoms with Gasteiger partial charge in [0.1, 0.15) is 5.82 Å². The lowest BCUT2D eigenvalue weighted by Crippen LogP contribution is -2.48. The van der Waals surface area contributed by atoms with Gasteiger partial charge in [-0.3, -0.25) is 9.59 Å². The summed E-state index contributed by atoms with van der Waals surface area (Å²) in [5.41, 5.74) is 0.0590. The van der Waals surface area contributed by atoms with E-state index in [0.29, 0.717) is 37.2 Å². The van der Waals surface area contributed by atoms with Crippen LogP contribution in [0.25, 0.3) is 0 Å². The van der Waals surface area contributed by atoms with Crippen LogP contribution in [0.3, 0.4) is 0 Å². The number of Topliss-reactive ketones (excluding diaryl/α,β-unsaturated/α-hetero) is 1. The van der Waals surface area contributed by atoms with Gasteiger partial charge in [-0.2, -0.15) is 13.2 Å². The highest BCUT2D eigenvalue weighted by atomic mass is 19.4. The predicted molar refractivity (Wildman–Crippen MR) is 82.8 cm³/mol. The molecule has 25 heavy (non-hydrogen) atoms. The molecule has 0 saturated carbocycles. The maximum absolute atomic E-state index is 13.7. The number of carbonyl (C=O) groups is 2. The van der Waals surface area contributed by atoms with E-state index >= 15 is 0 Å². The summed E-state index contributed by atoms with van der Waals surface area (Å²) in [5, 5.41) is 3.14. The lowest BCUT2D eigenvalue weighted by Gasteiger charge is -2.33. The molecule has 4 nitrogen and oxygen atoms in total. The second-order valence-electron chi connectivity index (χ2n) is 6.54. The van der Waals surface area contributed by atoms with Gasteiger partial charge in [0, 0.05) is 12.1 Å². The van der Waals surface area contributed by atoms with E-state index < -0.39 is 42.6 Å². The van der Waals surface area contributed by atoms with Crippen molar-refractivity contribution < 1.29 is 27.2 Å². The Morgan fingerprint density at radius 1 is 1.24 bits per heavy atom. The molecule has 1 N–H and O–H groups in total. The van der Waals surface area contributed by atoms with Crippen LogP contribution in [0.4, 0.5) is 23.2 Å². The molecule has 0 bridgehead atoms. The summed E-state index contributed by atoms with van der Waals surface area (Å²) >= 11 is 0. The van der Waals surface area contributed by atoms with Gasteiger partial charge in [0.2, 0.25) is 5.91 Å². The van der Waals surface area contributed by atoms with Gasteiger partial charge in [-0.05, 0) is 49.7 Å². The number of anilines is 1. The van der Waals surface area contributed by atoms with Gasteiger partial charge in [0.25, 0.3) is 0 Å². The third-order valence-corrected chi connectivity index (χ3v) is 4.90. The number of hydrogen-bond donors (Lipinski definition) is 1. The summed E-state index contributed by atoms with van der Waals surface area (Å²) in [4.78, 5) is 26.2. The van der Waals surface area contributed by atoms with Crippen molar-refractivity contribution in [1.82, 2.24) is 5.32 Å². The average molecular weight is 358 g/mol. The number of piperidine rings is 1. The minimum atomic E-state index is -4.41. The van der Waals surface area contributed by atoms with E-state index in [-0.39, 0.29) is 5.91 Å². The number of nitrogens with zero attached hydrogens (tertiary/aromatic N) is 1. The van der Waals surface area contributed by atoms with Gasteiger partial charge in [0.15, 0.2) is 5.78 Å². The highest BCUT2D eigenvalue weighted by Gasteiger charge is 2.51. The Bertz CT molecular complexity index is 696. The Kier molecular flexibility index (Phi) is 4.57. The second-order valence-corrected chi connectivity index (χ2v) is 6.54. The summed E-state index contributed by atoms with van der Waals surface area (Å²) < 4.78 is 50.6. The van der Waals surface area contributed by atoms with Crippen LogP contribution in [0.15, 0.2) is 18.2 Å². The van der Waals surface area contributed by atoms with Crippen molar-refractivity contribution in [3.05, 3.63) is 29.6 Å². The van der Waals surface area contributed by atoms with E-state index in [9.17, 15) is 27.2 Å². The molecule has 2 aliphatic rings. The minimum absolute atomic E-state index is 0.324. The number of rotatable bonds is 4. The highest BCUT2D eigenvalue weighted by Crippen LogP contribution is 2.47. The first kappa shape index (κ1) is 17.8. The fourth-order valence-corrected chi connectivity index (χ4v) is 3.64. The average Bonchev–Trinajstić information content (AvgIpc) is 2.76. The number of benzene rings is 1. The molecule has 0 unspecified atom stereocenters. The first-order valence-corrected chi connectivity index (χ1v) is 8.14. The number of fused-ring (bicyclic) bond motifs is 2. The van der Waals surface area contributed by atoms with Crippen molar-refractivity contribution in [1.29, 1.82) is 0 Å². The third kappa shape index (κ3) is 3.40.